The van der Waals surface area contributed by atoms with Crippen LogP contribution in [0.4, 0.5) is 5.69 Å². The van der Waals surface area contributed by atoms with Gasteiger partial charge in [0.05, 0.1) is 0 Å². The molecule has 2 amide bonds. The number of Topliss-reactive ketones (excluding diaryl/α,β-unsaturated/α-hetero) is 1. The summed E-state index contributed by atoms with van der Waals surface area (Å²) in [5.41, 5.74) is 1.63. The average molecular weight is 472 g/mol. The van der Waals surface area contributed by atoms with Crippen molar-refractivity contribution < 1.29 is 14.4 Å². The normalized spacial score (nSPS) is 12.5. The molecule has 3 rings (SSSR count). The van der Waals surface area contributed by atoms with E-state index in [1.807, 2.05) is 32.9 Å². The Hall–Kier alpha value is -3.80. The Morgan fingerprint density at radius 2 is 1.46 bits per heavy atom. The summed E-state index contributed by atoms with van der Waals surface area (Å²) in [6.07, 6.45) is 3.14. The van der Waals surface area contributed by atoms with Gasteiger partial charge < -0.3 is 5.32 Å². The summed E-state index contributed by atoms with van der Waals surface area (Å²) in [5.74, 6) is -1.89. The first-order valence-corrected chi connectivity index (χ1v) is 11.6. The molecule has 6 heteroatoms. The van der Waals surface area contributed by atoms with E-state index in [-0.39, 0.29) is 11.0 Å². The number of ketones is 1. The molecule has 0 saturated carbocycles. The maximum Gasteiger partial charge on any atom is 0.300 e. The van der Waals surface area contributed by atoms with Gasteiger partial charge in [-0.2, -0.15) is 0 Å². The third-order valence-electron chi connectivity index (χ3n) is 5.47. The van der Waals surface area contributed by atoms with Crippen molar-refractivity contribution in [2.24, 2.45) is 0 Å². The van der Waals surface area contributed by atoms with Crippen LogP contribution in [0.5, 0.6) is 0 Å². The van der Waals surface area contributed by atoms with Crippen LogP contribution in [0.25, 0.3) is 0 Å². The number of pyridine rings is 1. The predicted octanol–water partition coefficient (Wildman–Crippen LogP) is 5.25. The molecule has 1 aromatic heterocycles. The SMILES string of the molecule is CC(C)(C)NC(=O)C(c1cccnc1)N(C(=O)C(=O)c1ccccc1)c1ccc(C(C)(C)C)cc1. The summed E-state index contributed by atoms with van der Waals surface area (Å²) < 4.78 is 0. The third kappa shape index (κ3) is 6.41. The standard InChI is InChI=1S/C29H33N3O3/c1-28(2,3)22-14-16-23(17-15-22)32(27(35)25(33)20-11-8-7-9-12-20)24(21-13-10-18-30-19-21)26(34)31-29(4,5)6/h7-19,24H,1-6H3,(H,31,34). The lowest BCUT2D eigenvalue weighted by atomic mass is 9.87. The molecule has 0 fully saturated rings. The summed E-state index contributed by atoms with van der Waals surface area (Å²) in [6, 6.07) is 18.1. The Morgan fingerprint density at radius 1 is 0.829 bits per heavy atom. The molecule has 182 valence electrons. The van der Waals surface area contributed by atoms with Crippen LogP contribution in [-0.4, -0.2) is 28.1 Å². The molecule has 0 bridgehead atoms. The molecular formula is C29H33N3O3. The zero-order valence-corrected chi connectivity index (χ0v) is 21.2. The Balaban J connectivity index is 2.17. The van der Waals surface area contributed by atoms with Crippen LogP contribution in [0.15, 0.2) is 79.1 Å². The van der Waals surface area contributed by atoms with Crippen molar-refractivity contribution in [3.63, 3.8) is 0 Å². The minimum atomic E-state index is -1.09. The molecule has 1 atom stereocenters. The fraction of sp³-hybridized carbons (Fsp3) is 0.310. The van der Waals surface area contributed by atoms with Gasteiger partial charge in [0.25, 0.3) is 11.7 Å². The predicted molar refractivity (Wildman–Crippen MR) is 138 cm³/mol. The quantitative estimate of drug-likeness (QED) is 0.393. The maximum atomic E-state index is 13.8. The molecule has 0 aliphatic carbocycles. The van der Waals surface area contributed by atoms with Crippen LogP contribution in [-0.2, 0) is 15.0 Å². The molecule has 1 unspecified atom stereocenters. The fourth-order valence-corrected chi connectivity index (χ4v) is 3.72. The second-order valence-corrected chi connectivity index (χ2v) is 10.6. The second-order valence-electron chi connectivity index (χ2n) is 10.6. The number of hydrogen-bond acceptors (Lipinski definition) is 4. The molecule has 1 N–H and O–H groups in total. The number of carbonyl (C=O) groups excluding carboxylic acids is 3. The van der Waals surface area contributed by atoms with Crippen molar-refractivity contribution in [2.45, 2.75) is 58.5 Å². The van der Waals surface area contributed by atoms with E-state index in [0.717, 1.165) is 5.56 Å². The van der Waals surface area contributed by atoms with Crippen molar-refractivity contribution in [2.75, 3.05) is 4.90 Å². The molecule has 0 saturated heterocycles. The topological polar surface area (TPSA) is 79.4 Å². The van der Waals surface area contributed by atoms with Crippen molar-refractivity contribution >= 4 is 23.3 Å². The van der Waals surface area contributed by atoms with E-state index in [4.69, 9.17) is 0 Å². The highest BCUT2D eigenvalue weighted by Crippen LogP contribution is 2.31. The average Bonchev–Trinajstić information content (AvgIpc) is 2.81. The van der Waals surface area contributed by atoms with Crippen molar-refractivity contribution in [3.05, 3.63) is 95.8 Å². The second kappa shape index (κ2) is 10.2. The fourth-order valence-electron chi connectivity index (χ4n) is 3.72. The number of nitrogens with one attached hydrogen (secondary N) is 1. The van der Waals surface area contributed by atoms with Crippen LogP contribution in [0.3, 0.4) is 0 Å². The molecule has 35 heavy (non-hydrogen) atoms. The molecular weight excluding hydrogens is 438 g/mol. The molecule has 3 aromatic rings. The Morgan fingerprint density at radius 3 is 1.97 bits per heavy atom. The highest BCUT2D eigenvalue weighted by Gasteiger charge is 2.37. The summed E-state index contributed by atoms with van der Waals surface area (Å²) in [7, 11) is 0. The van der Waals surface area contributed by atoms with Gasteiger partial charge in [-0.1, -0.05) is 69.3 Å². The first kappa shape index (κ1) is 25.8. The number of aromatic nitrogens is 1. The summed E-state index contributed by atoms with van der Waals surface area (Å²) in [5, 5.41) is 2.97. The van der Waals surface area contributed by atoms with Gasteiger partial charge in [-0.05, 0) is 49.9 Å². The van der Waals surface area contributed by atoms with Crippen LogP contribution >= 0.6 is 0 Å². The zero-order valence-electron chi connectivity index (χ0n) is 21.2. The van der Waals surface area contributed by atoms with E-state index in [9.17, 15) is 14.4 Å². The van der Waals surface area contributed by atoms with E-state index in [2.05, 4.69) is 31.1 Å². The van der Waals surface area contributed by atoms with E-state index in [0.29, 0.717) is 11.3 Å². The molecule has 2 aromatic carbocycles. The third-order valence-corrected chi connectivity index (χ3v) is 5.47. The van der Waals surface area contributed by atoms with Crippen LogP contribution in [0, 0.1) is 0 Å². The monoisotopic (exact) mass is 471 g/mol. The number of hydrogen-bond donors (Lipinski definition) is 1. The van der Waals surface area contributed by atoms with Crippen LogP contribution < -0.4 is 10.2 Å². The van der Waals surface area contributed by atoms with E-state index in [1.54, 1.807) is 67.0 Å². The lowest BCUT2D eigenvalue weighted by Gasteiger charge is -2.33. The Kier molecular flexibility index (Phi) is 7.54. The van der Waals surface area contributed by atoms with Crippen molar-refractivity contribution in [1.29, 1.82) is 0 Å². The van der Waals surface area contributed by atoms with Gasteiger partial charge in [-0.25, -0.2) is 0 Å². The summed E-state index contributed by atoms with van der Waals surface area (Å²) in [4.78, 5) is 46.1. The minimum Gasteiger partial charge on any atom is -0.349 e. The smallest absolute Gasteiger partial charge is 0.300 e. The van der Waals surface area contributed by atoms with Crippen LogP contribution in [0.2, 0.25) is 0 Å². The Labute approximate surface area is 207 Å². The number of benzene rings is 2. The molecule has 0 radical (unpaired) electrons. The summed E-state index contributed by atoms with van der Waals surface area (Å²) >= 11 is 0. The first-order valence-electron chi connectivity index (χ1n) is 11.6. The van der Waals surface area contributed by atoms with Gasteiger partial charge in [0, 0.05) is 34.7 Å². The van der Waals surface area contributed by atoms with E-state index < -0.39 is 29.2 Å². The molecule has 1 heterocycles. The van der Waals surface area contributed by atoms with Crippen molar-refractivity contribution in [1.82, 2.24) is 10.3 Å². The molecule has 0 spiro atoms. The lowest BCUT2D eigenvalue weighted by Crippen LogP contribution is -2.51. The molecule has 6 nitrogen and oxygen atoms in total. The number of amides is 2. The van der Waals surface area contributed by atoms with Crippen LogP contribution in [0.1, 0.15) is 69.1 Å². The highest BCUT2D eigenvalue weighted by atomic mass is 16.2. The van der Waals surface area contributed by atoms with E-state index >= 15 is 0 Å². The van der Waals surface area contributed by atoms with E-state index in [1.165, 1.54) is 4.90 Å². The largest absolute Gasteiger partial charge is 0.349 e. The van der Waals surface area contributed by atoms with Gasteiger partial charge >= 0.3 is 0 Å². The lowest BCUT2D eigenvalue weighted by molar-refractivity contribution is -0.126. The zero-order chi connectivity index (χ0) is 25.8. The molecule has 0 aliphatic heterocycles. The van der Waals surface area contributed by atoms with Gasteiger partial charge in [0.1, 0.15) is 6.04 Å². The van der Waals surface area contributed by atoms with Gasteiger partial charge in [-0.15, -0.1) is 0 Å². The maximum absolute atomic E-state index is 13.8. The minimum absolute atomic E-state index is 0.0976. The van der Waals surface area contributed by atoms with Crippen molar-refractivity contribution in [3.8, 4) is 0 Å². The number of carbonyl (C=O) groups is 3. The number of anilines is 1. The highest BCUT2D eigenvalue weighted by molar-refractivity contribution is 6.47. The number of rotatable bonds is 6. The first-order chi connectivity index (χ1) is 16.4. The molecule has 0 aliphatic rings. The van der Waals surface area contributed by atoms with Gasteiger partial charge in [0.2, 0.25) is 5.91 Å². The number of nitrogens with zero attached hydrogens (tertiary/aromatic N) is 2. The van der Waals surface area contributed by atoms with Gasteiger partial charge in [0.15, 0.2) is 0 Å². The Bertz CT molecular complexity index is 1180. The van der Waals surface area contributed by atoms with Gasteiger partial charge in [-0.3, -0.25) is 24.3 Å². The summed E-state index contributed by atoms with van der Waals surface area (Å²) in [6.45, 7) is 11.9.